The zero-order valence-corrected chi connectivity index (χ0v) is 8.87. The third-order valence-electron chi connectivity index (χ3n) is 1.76. The number of aliphatic hydroxyl groups excluding tert-OH is 1. The second-order valence-corrected chi connectivity index (χ2v) is 3.64. The zero-order valence-electron chi connectivity index (χ0n) is 7.28. The van der Waals surface area contributed by atoms with E-state index in [9.17, 15) is 18.9 Å². The molecule has 0 fully saturated rings. The van der Waals surface area contributed by atoms with Crippen LogP contribution in [0.2, 0.25) is 0 Å². The van der Waals surface area contributed by atoms with Crippen LogP contribution in [-0.2, 0) is 5.92 Å². The van der Waals surface area contributed by atoms with Crippen LogP contribution in [0.3, 0.4) is 0 Å². The van der Waals surface area contributed by atoms with E-state index >= 15 is 0 Å². The minimum atomic E-state index is -3.41. The molecule has 0 bridgehead atoms. The summed E-state index contributed by atoms with van der Waals surface area (Å²) in [4.78, 5) is 9.64. The van der Waals surface area contributed by atoms with Crippen LogP contribution in [0.4, 0.5) is 14.5 Å². The van der Waals surface area contributed by atoms with Crippen LogP contribution in [0.25, 0.3) is 0 Å². The maximum Gasteiger partial charge on any atom is 0.296 e. The van der Waals surface area contributed by atoms with E-state index in [1.165, 1.54) is 0 Å². The van der Waals surface area contributed by atoms with Gasteiger partial charge in [0.05, 0.1) is 4.92 Å². The molecule has 82 valence electrons. The maximum atomic E-state index is 13.0. The van der Waals surface area contributed by atoms with Crippen molar-refractivity contribution in [3.8, 4) is 0 Å². The lowest BCUT2D eigenvalue weighted by Crippen LogP contribution is -2.19. The number of nitrogens with zero attached hydrogens (tertiary/aromatic N) is 1. The molecule has 15 heavy (non-hydrogen) atoms. The van der Waals surface area contributed by atoms with Crippen molar-refractivity contribution in [1.82, 2.24) is 0 Å². The predicted octanol–water partition coefficient (Wildman–Crippen LogP) is 2.44. The Morgan fingerprint density at radius 1 is 1.53 bits per heavy atom. The summed E-state index contributed by atoms with van der Waals surface area (Å²) < 4.78 is 26.0. The lowest BCUT2D eigenvalue weighted by atomic mass is 10.1. The molecule has 0 spiro atoms. The van der Waals surface area contributed by atoms with E-state index in [0.717, 1.165) is 18.2 Å². The van der Waals surface area contributed by atoms with Crippen LogP contribution in [0, 0.1) is 10.1 Å². The first kappa shape index (κ1) is 12.0. The van der Waals surface area contributed by atoms with Crippen LogP contribution < -0.4 is 0 Å². The molecule has 0 aliphatic rings. The SMILES string of the molecule is O=[N+]([O-])c1ccc(C(F)(F)CO)c(Br)c1. The Labute approximate surface area is 91.8 Å². The van der Waals surface area contributed by atoms with Crippen molar-refractivity contribution < 1.29 is 18.8 Å². The van der Waals surface area contributed by atoms with Gasteiger partial charge in [-0.1, -0.05) is 15.9 Å². The van der Waals surface area contributed by atoms with E-state index in [1.807, 2.05) is 0 Å². The molecule has 0 saturated carbocycles. The van der Waals surface area contributed by atoms with E-state index in [-0.39, 0.29) is 10.2 Å². The minimum absolute atomic E-state index is 0.101. The molecule has 0 amide bonds. The molecule has 0 unspecified atom stereocenters. The number of nitro groups is 1. The standard InChI is InChI=1S/C8H6BrF2NO3/c9-7-3-5(12(14)15)1-2-6(7)8(10,11)4-13/h1-3,13H,4H2. The van der Waals surface area contributed by atoms with Crippen molar-refractivity contribution in [2.24, 2.45) is 0 Å². The van der Waals surface area contributed by atoms with E-state index in [1.54, 1.807) is 0 Å². The van der Waals surface area contributed by atoms with Gasteiger partial charge in [0.25, 0.3) is 11.6 Å². The molecule has 0 heterocycles. The van der Waals surface area contributed by atoms with Gasteiger partial charge >= 0.3 is 0 Å². The van der Waals surface area contributed by atoms with E-state index in [4.69, 9.17) is 5.11 Å². The quantitative estimate of drug-likeness (QED) is 0.684. The number of benzene rings is 1. The minimum Gasteiger partial charge on any atom is -0.390 e. The molecule has 7 heteroatoms. The molecule has 0 aromatic heterocycles. The average Bonchev–Trinajstić information content (AvgIpc) is 2.17. The Morgan fingerprint density at radius 3 is 2.53 bits per heavy atom. The number of alkyl halides is 2. The molecule has 0 aliphatic heterocycles. The largest absolute Gasteiger partial charge is 0.390 e. The van der Waals surface area contributed by atoms with E-state index in [0.29, 0.717) is 0 Å². The Morgan fingerprint density at radius 2 is 2.13 bits per heavy atom. The molecule has 0 saturated heterocycles. The molecule has 0 atom stereocenters. The smallest absolute Gasteiger partial charge is 0.296 e. The van der Waals surface area contributed by atoms with Gasteiger partial charge in [0.15, 0.2) is 0 Å². The Kier molecular flexibility index (Phi) is 3.35. The topological polar surface area (TPSA) is 63.4 Å². The summed E-state index contributed by atoms with van der Waals surface area (Å²) >= 11 is 2.80. The summed E-state index contributed by atoms with van der Waals surface area (Å²) in [5.74, 6) is -3.41. The fourth-order valence-corrected chi connectivity index (χ4v) is 1.66. The van der Waals surface area contributed by atoms with Crippen molar-refractivity contribution in [3.63, 3.8) is 0 Å². The number of nitro benzene ring substituents is 1. The molecule has 1 aromatic carbocycles. The Balaban J connectivity index is 3.19. The molecule has 4 nitrogen and oxygen atoms in total. The fourth-order valence-electron chi connectivity index (χ4n) is 0.999. The Bertz CT molecular complexity index is 397. The summed E-state index contributed by atoms with van der Waals surface area (Å²) in [5, 5.41) is 18.8. The number of hydrogen-bond acceptors (Lipinski definition) is 3. The molecular weight excluding hydrogens is 276 g/mol. The van der Waals surface area contributed by atoms with Gasteiger partial charge in [-0.3, -0.25) is 10.1 Å². The van der Waals surface area contributed by atoms with Gasteiger partial charge in [0.2, 0.25) is 0 Å². The van der Waals surface area contributed by atoms with Crippen LogP contribution in [-0.4, -0.2) is 16.6 Å². The highest BCUT2D eigenvalue weighted by atomic mass is 79.9. The number of rotatable bonds is 3. The molecule has 0 radical (unpaired) electrons. The first-order valence-electron chi connectivity index (χ1n) is 3.81. The van der Waals surface area contributed by atoms with Gasteiger partial charge in [-0.15, -0.1) is 0 Å². The van der Waals surface area contributed by atoms with Crippen molar-refractivity contribution in [3.05, 3.63) is 38.3 Å². The highest BCUT2D eigenvalue weighted by Crippen LogP contribution is 2.34. The van der Waals surface area contributed by atoms with E-state index < -0.39 is 23.0 Å². The zero-order chi connectivity index (χ0) is 11.6. The number of non-ortho nitro benzene ring substituents is 1. The second-order valence-electron chi connectivity index (χ2n) is 2.78. The van der Waals surface area contributed by atoms with Crippen LogP contribution in [0.15, 0.2) is 22.7 Å². The average molecular weight is 282 g/mol. The lowest BCUT2D eigenvalue weighted by Gasteiger charge is -2.14. The third-order valence-corrected chi connectivity index (χ3v) is 2.41. The maximum absolute atomic E-state index is 13.0. The van der Waals surface area contributed by atoms with Crippen LogP contribution >= 0.6 is 15.9 Å². The van der Waals surface area contributed by atoms with E-state index in [2.05, 4.69) is 15.9 Å². The van der Waals surface area contributed by atoms with Crippen molar-refractivity contribution in [2.45, 2.75) is 5.92 Å². The highest BCUT2D eigenvalue weighted by Gasteiger charge is 2.33. The second kappa shape index (κ2) is 4.19. The van der Waals surface area contributed by atoms with Crippen LogP contribution in [0.1, 0.15) is 5.56 Å². The first-order chi connectivity index (χ1) is 6.88. The fraction of sp³-hybridized carbons (Fsp3) is 0.250. The summed E-state index contributed by atoms with van der Waals surface area (Å²) in [7, 11) is 0. The molecule has 1 aromatic rings. The van der Waals surface area contributed by atoms with Gasteiger partial charge in [0.1, 0.15) is 6.61 Å². The van der Waals surface area contributed by atoms with Crippen LogP contribution in [0.5, 0.6) is 0 Å². The normalized spacial score (nSPS) is 11.5. The number of aliphatic hydroxyl groups is 1. The number of halogens is 3. The van der Waals surface area contributed by atoms with Crippen molar-refractivity contribution >= 4 is 21.6 Å². The summed E-state index contributed by atoms with van der Waals surface area (Å²) in [5.41, 5.74) is -0.769. The molecule has 1 rings (SSSR count). The van der Waals surface area contributed by atoms with Gasteiger partial charge in [-0.2, -0.15) is 8.78 Å². The molecule has 0 aliphatic carbocycles. The summed E-state index contributed by atoms with van der Waals surface area (Å²) in [6.07, 6.45) is 0. The lowest BCUT2D eigenvalue weighted by molar-refractivity contribution is -0.385. The van der Waals surface area contributed by atoms with Gasteiger partial charge in [-0.25, -0.2) is 0 Å². The highest BCUT2D eigenvalue weighted by molar-refractivity contribution is 9.10. The summed E-state index contributed by atoms with van der Waals surface area (Å²) in [6, 6.07) is 2.85. The predicted molar refractivity (Wildman–Crippen MR) is 51.8 cm³/mol. The molecule has 1 N–H and O–H groups in total. The van der Waals surface area contributed by atoms with Crippen molar-refractivity contribution in [2.75, 3.05) is 6.61 Å². The van der Waals surface area contributed by atoms with Gasteiger partial charge in [0, 0.05) is 22.2 Å². The third kappa shape index (κ3) is 2.48. The number of hydrogen-bond donors (Lipinski definition) is 1. The van der Waals surface area contributed by atoms with Gasteiger partial charge in [-0.05, 0) is 6.07 Å². The summed E-state index contributed by atoms with van der Waals surface area (Å²) in [6.45, 7) is -1.34. The molecular formula is C8H6BrF2NO3. The first-order valence-corrected chi connectivity index (χ1v) is 4.61. The Hall–Kier alpha value is -1.08. The van der Waals surface area contributed by atoms with Crippen molar-refractivity contribution in [1.29, 1.82) is 0 Å². The monoisotopic (exact) mass is 281 g/mol. The van der Waals surface area contributed by atoms with Gasteiger partial charge < -0.3 is 5.11 Å².